The molecule has 0 radical (unpaired) electrons. The van der Waals surface area contributed by atoms with Gasteiger partial charge in [-0.05, 0) is 11.1 Å². The summed E-state index contributed by atoms with van der Waals surface area (Å²) >= 11 is 0. The number of hydrogen-bond acceptors (Lipinski definition) is 4. The molecule has 2 aromatic carbocycles. The van der Waals surface area contributed by atoms with Crippen LogP contribution in [0.15, 0.2) is 60.7 Å². The average molecular weight is 373 g/mol. The lowest BCUT2D eigenvalue weighted by Gasteiger charge is -2.36. The van der Waals surface area contributed by atoms with Crippen molar-refractivity contribution in [2.75, 3.05) is 0 Å². The maximum atomic E-state index is 12.4. The van der Waals surface area contributed by atoms with Gasteiger partial charge in [0.1, 0.15) is 6.04 Å². The summed E-state index contributed by atoms with van der Waals surface area (Å²) in [5.74, 6) is -0.916. The van der Waals surface area contributed by atoms with Crippen molar-refractivity contribution in [1.29, 1.82) is 0 Å². The summed E-state index contributed by atoms with van der Waals surface area (Å²) in [7, 11) is -3.82. The van der Waals surface area contributed by atoms with E-state index in [0.29, 0.717) is 0 Å². The number of amides is 2. The van der Waals surface area contributed by atoms with Crippen molar-refractivity contribution in [3.8, 4) is 0 Å². The molecule has 26 heavy (non-hydrogen) atoms. The molecular formula is C18H19N3O4S. The van der Waals surface area contributed by atoms with Crippen LogP contribution in [0.1, 0.15) is 11.1 Å². The van der Waals surface area contributed by atoms with Crippen LogP contribution in [0.4, 0.5) is 0 Å². The summed E-state index contributed by atoms with van der Waals surface area (Å²) < 4.78 is 27.3. The third-order valence-corrected chi connectivity index (χ3v) is 5.65. The van der Waals surface area contributed by atoms with E-state index in [1.165, 1.54) is 0 Å². The molecule has 1 saturated heterocycles. The van der Waals surface area contributed by atoms with E-state index in [2.05, 4.69) is 15.4 Å². The Kier molecular flexibility index (Phi) is 5.34. The molecule has 0 saturated carbocycles. The van der Waals surface area contributed by atoms with Crippen LogP contribution in [0.2, 0.25) is 0 Å². The van der Waals surface area contributed by atoms with Crippen molar-refractivity contribution in [2.45, 2.75) is 24.4 Å². The molecule has 2 amide bonds. The molecule has 3 rings (SSSR count). The maximum Gasteiger partial charge on any atom is 0.247 e. The van der Waals surface area contributed by atoms with Gasteiger partial charge in [0.2, 0.25) is 21.8 Å². The molecule has 0 unspecified atom stereocenters. The predicted octanol–water partition coefficient (Wildman–Crippen LogP) is 0.289. The molecule has 136 valence electrons. The number of hydrogen-bond donors (Lipinski definition) is 3. The van der Waals surface area contributed by atoms with Gasteiger partial charge in [-0.2, -0.15) is 0 Å². The number of sulfonamides is 1. The molecule has 0 aliphatic carbocycles. The molecule has 3 N–H and O–H groups in total. The fraction of sp³-hybridized carbons (Fsp3) is 0.222. The summed E-state index contributed by atoms with van der Waals surface area (Å²) in [6, 6.07) is 17.0. The number of β-lactam (4-membered cyclic amide) rings is 1. The van der Waals surface area contributed by atoms with Crippen molar-refractivity contribution >= 4 is 21.8 Å². The highest BCUT2D eigenvalue weighted by atomic mass is 32.2. The SMILES string of the molecule is O=C(Cc1ccccc1)N[C@@H]1C(=O)N[C@@H]1S(=O)(=O)NCc1ccccc1. The molecule has 1 heterocycles. The van der Waals surface area contributed by atoms with E-state index in [0.717, 1.165) is 11.1 Å². The molecule has 1 fully saturated rings. The third-order valence-electron chi connectivity index (χ3n) is 4.05. The van der Waals surface area contributed by atoms with Crippen molar-refractivity contribution in [3.05, 3.63) is 71.8 Å². The second kappa shape index (κ2) is 7.67. The van der Waals surface area contributed by atoms with Gasteiger partial charge in [-0.25, -0.2) is 13.1 Å². The van der Waals surface area contributed by atoms with Crippen molar-refractivity contribution < 1.29 is 18.0 Å². The number of rotatable bonds is 7. The molecule has 0 aromatic heterocycles. The van der Waals surface area contributed by atoms with Gasteiger partial charge in [0.25, 0.3) is 0 Å². The molecule has 2 aromatic rings. The van der Waals surface area contributed by atoms with E-state index in [1.807, 2.05) is 12.1 Å². The van der Waals surface area contributed by atoms with Gasteiger partial charge in [0.15, 0.2) is 5.37 Å². The quantitative estimate of drug-likeness (QED) is 0.607. The molecule has 7 nitrogen and oxygen atoms in total. The summed E-state index contributed by atoms with van der Waals surface area (Å²) in [5, 5.41) is 3.65. The molecular weight excluding hydrogens is 354 g/mol. The zero-order chi connectivity index (χ0) is 18.6. The van der Waals surface area contributed by atoms with Crippen molar-refractivity contribution in [1.82, 2.24) is 15.4 Å². The molecule has 0 bridgehead atoms. The van der Waals surface area contributed by atoms with Gasteiger partial charge in [0, 0.05) is 6.54 Å². The van der Waals surface area contributed by atoms with Crippen LogP contribution in [0.3, 0.4) is 0 Å². The monoisotopic (exact) mass is 373 g/mol. The van der Waals surface area contributed by atoms with Crippen LogP contribution in [-0.4, -0.2) is 31.6 Å². The van der Waals surface area contributed by atoms with Crippen LogP contribution in [0.25, 0.3) is 0 Å². The molecule has 1 aliphatic rings. The molecule has 0 spiro atoms. The lowest BCUT2D eigenvalue weighted by molar-refractivity contribution is -0.134. The van der Waals surface area contributed by atoms with Gasteiger partial charge in [-0.3, -0.25) is 9.59 Å². The van der Waals surface area contributed by atoms with E-state index in [-0.39, 0.29) is 13.0 Å². The van der Waals surface area contributed by atoms with E-state index >= 15 is 0 Å². The van der Waals surface area contributed by atoms with E-state index in [4.69, 9.17) is 0 Å². The highest BCUT2D eigenvalue weighted by molar-refractivity contribution is 7.90. The van der Waals surface area contributed by atoms with Crippen LogP contribution in [-0.2, 0) is 32.6 Å². The minimum atomic E-state index is -3.82. The summed E-state index contributed by atoms with van der Waals surface area (Å²) in [4.78, 5) is 23.8. The highest BCUT2D eigenvalue weighted by Crippen LogP contribution is 2.14. The fourth-order valence-corrected chi connectivity index (χ4v) is 4.00. The van der Waals surface area contributed by atoms with E-state index < -0.39 is 33.3 Å². The second-order valence-corrected chi connectivity index (χ2v) is 7.88. The highest BCUT2D eigenvalue weighted by Gasteiger charge is 2.48. The Morgan fingerprint density at radius 2 is 1.54 bits per heavy atom. The fourth-order valence-electron chi connectivity index (χ4n) is 2.63. The smallest absolute Gasteiger partial charge is 0.247 e. The molecule has 2 atom stereocenters. The Labute approximate surface area is 151 Å². The predicted molar refractivity (Wildman–Crippen MR) is 96.2 cm³/mol. The molecule has 1 aliphatic heterocycles. The van der Waals surface area contributed by atoms with E-state index in [1.54, 1.807) is 48.5 Å². The number of nitrogens with one attached hydrogen (secondary N) is 3. The van der Waals surface area contributed by atoms with Gasteiger partial charge in [-0.15, -0.1) is 0 Å². The Morgan fingerprint density at radius 3 is 2.12 bits per heavy atom. The van der Waals surface area contributed by atoms with Crippen molar-refractivity contribution in [3.63, 3.8) is 0 Å². The Hall–Kier alpha value is -2.71. The summed E-state index contributed by atoms with van der Waals surface area (Å²) in [6.45, 7) is 0.111. The summed E-state index contributed by atoms with van der Waals surface area (Å²) in [5.41, 5.74) is 1.58. The van der Waals surface area contributed by atoms with Gasteiger partial charge in [-0.1, -0.05) is 60.7 Å². The van der Waals surface area contributed by atoms with Crippen molar-refractivity contribution in [2.24, 2.45) is 0 Å². The standard InChI is InChI=1S/C18H19N3O4S/c22-15(11-13-7-3-1-4-8-13)20-16-17(23)21-18(16)26(24,25)19-12-14-9-5-2-6-10-14/h1-10,16,18-19H,11-12H2,(H,20,22)(H,21,23)/t16-,18-/m1/s1. The first-order chi connectivity index (χ1) is 12.5. The number of carbonyl (C=O) groups excluding carboxylic acids is 2. The minimum Gasteiger partial charge on any atom is -0.341 e. The van der Waals surface area contributed by atoms with Crippen LogP contribution in [0.5, 0.6) is 0 Å². The van der Waals surface area contributed by atoms with Crippen LogP contribution >= 0.6 is 0 Å². The maximum absolute atomic E-state index is 12.4. The Morgan fingerprint density at radius 1 is 0.962 bits per heavy atom. The average Bonchev–Trinajstić information content (AvgIpc) is 2.64. The van der Waals surface area contributed by atoms with E-state index in [9.17, 15) is 18.0 Å². The minimum absolute atomic E-state index is 0.0782. The second-order valence-electron chi connectivity index (χ2n) is 5.99. The lowest BCUT2D eigenvalue weighted by atomic mass is 10.1. The Bertz CT molecular complexity index is 885. The van der Waals surface area contributed by atoms with Gasteiger partial charge < -0.3 is 10.6 Å². The largest absolute Gasteiger partial charge is 0.341 e. The first-order valence-electron chi connectivity index (χ1n) is 8.12. The van der Waals surface area contributed by atoms with Crippen LogP contribution < -0.4 is 15.4 Å². The van der Waals surface area contributed by atoms with Gasteiger partial charge >= 0.3 is 0 Å². The first-order valence-corrected chi connectivity index (χ1v) is 9.66. The topological polar surface area (TPSA) is 104 Å². The zero-order valence-corrected chi connectivity index (χ0v) is 14.7. The molecule has 8 heteroatoms. The first kappa shape index (κ1) is 18.1. The lowest BCUT2D eigenvalue weighted by Crippen LogP contribution is -2.73. The number of benzene rings is 2. The normalized spacial score (nSPS) is 19.3. The van der Waals surface area contributed by atoms with Crippen LogP contribution in [0, 0.1) is 0 Å². The third kappa shape index (κ3) is 4.27. The zero-order valence-electron chi connectivity index (χ0n) is 13.9. The van der Waals surface area contributed by atoms with Gasteiger partial charge in [0.05, 0.1) is 6.42 Å². The summed E-state index contributed by atoms with van der Waals surface area (Å²) in [6.07, 6.45) is 0.0782. The Balaban J connectivity index is 1.59. The number of carbonyl (C=O) groups is 2.